The van der Waals surface area contributed by atoms with Gasteiger partial charge in [0.25, 0.3) is 0 Å². The standard InChI is InChI=1S/C7H3BF3I/c8-5-2-1-4(3-6(5)12)7(9,10)11/h1-3H. The third-order valence-corrected chi connectivity index (χ3v) is 2.26. The smallest absolute Gasteiger partial charge is 0.166 e. The first-order chi connectivity index (χ1) is 5.41. The van der Waals surface area contributed by atoms with Crippen molar-refractivity contribution in [2.24, 2.45) is 0 Å². The van der Waals surface area contributed by atoms with Crippen LogP contribution in [0.1, 0.15) is 5.56 Å². The van der Waals surface area contributed by atoms with Gasteiger partial charge >= 0.3 is 6.18 Å². The van der Waals surface area contributed by atoms with E-state index in [9.17, 15) is 13.2 Å². The molecule has 0 unspecified atom stereocenters. The zero-order valence-corrected chi connectivity index (χ0v) is 7.98. The molecular weight excluding hydrogens is 279 g/mol. The fraction of sp³-hybridized carbons (Fsp3) is 0.143. The molecule has 0 aliphatic heterocycles. The highest BCUT2D eigenvalue weighted by Gasteiger charge is 2.30. The lowest BCUT2D eigenvalue weighted by Gasteiger charge is -2.07. The van der Waals surface area contributed by atoms with Crippen molar-refractivity contribution in [2.45, 2.75) is 6.18 Å². The molecule has 0 saturated carbocycles. The van der Waals surface area contributed by atoms with E-state index in [2.05, 4.69) is 0 Å². The Kier molecular flexibility index (Phi) is 2.70. The summed E-state index contributed by atoms with van der Waals surface area (Å²) in [4.78, 5) is 0. The van der Waals surface area contributed by atoms with Crippen LogP contribution in [0.5, 0.6) is 0 Å². The van der Waals surface area contributed by atoms with E-state index in [0.717, 1.165) is 12.1 Å². The summed E-state index contributed by atoms with van der Waals surface area (Å²) in [5, 5.41) is 0. The zero-order chi connectivity index (χ0) is 9.35. The number of hydrogen-bond donors (Lipinski definition) is 0. The van der Waals surface area contributed by atoms with E-state index in [0.29, 0.717) is 9.03 Å². The summed E-state index contributed by atoms with van der Waals surface area (Å²) >= 11 is 1.76. The van der Waals surface area contributed by atoms with Crippen LogP contribution in [0.15, 0.2) is 18.2 Å². The minimum atomic E-state index is -4.28. The fourth-order valence-electron chi connectivity index (χ4n) is 0.703. The van der Waals surface area contributed by atoms with Gasteiger partial charge in [0.05, 0.1) is 5.56 Å². The molecule has 0 aromatic heterocycles. The molecule has 12 heavy (non-hydrogen) atoms. The second kappa shape index (κ2) is 3.28. The van der Waals surface area contributed by atoms with Crippen molar-refractivity contribution in [1.29, 1.82) is 0 Å². The van der Waals surface area contributed by atoms with Crippen molar-refractivity contribution < 1.29 is 13.2 Å². The summed E-state index contributed by atoms with van der Waals surface area (Å²) in [6.07, 6.45) is -4.28. The normalized spacial score (nSPS) is 11.7. The molecule has 5 heteroatoms. The highest BCUT2D eigenvalue weighted by atomic mass is 127. The molecule has 0 nitrogen and oxygen atoms in total. The van der Waals surface area contributed by atoms with Gasteiger partial charge in [-0.25, -0.2) is 0 Å². The molecule has 0 atom stereocenters. The number of rotatable bonds is 0. The van der Waals surface area contributed by atoms with Crippen LogP contribution in [0.25, 0.3) is 0 Å². The van der Waals surface area contributed by atoms with Gasteiger partial charge in [-0.15, -0.1) is 0 Å². The molecule has 0 N–H and O–H groups in total. The lowest BCUT2D eigenvalue weighted by molar-refractivity contribution is -0.137. The first-order valence-corrected chi connectivity index (χ1v) is 4.11. The average molecular weight is 282 g/mol. The van der Waals surface area contributed by atoms with E-state index in [-0.39, 0.29) is 0 Å². The molecule has 0 aliphatic carbocycles. The number of alkyl halides is 3. The third kappa shape index (κ3) is 2.15. The molecule has 0 saturated heterocycles. The Morgan fingerprint density at radius 2 is 1.83 bits per heavy atom. The Balaban J connectivity index is 3.14. The third-order valence-electron chi connectivity index (χ3n) is 1.33. The van der Waals surface area contributed by atoms with Crippen LogP contribution in [0.2, 0.25) is 0 Å². The van der Waals surface area contributed by atoms with Crippen LogP contribution >= 0.6 is 22.6 Å². The molecule has 0 aliphatic rings. The van der Waals surface area contributed by atoms with Crippen molar-refractivity contribution in [1.82, 2.24) is 0 Å². The van der Waals surface area contributed by atoms with E-state index in [1.54, 1.807) is 22.6 Å². The molecule has 0 spiro atoms. The molecule has 0 heterocycles. The molecule has 1 aromatic rings. The molecule has 2 radical (unpaired) electrons. The highest BCUT2D eigenvalue weighted by molar-refractivity contribution is 14.1. The first kappa shape index (κ1) is 9.89. The van der Waals surface area contributed by atoms with Gasteiger partial charge in [0.15, 0.2) is 0 Å². The monoisotopic (exact) mass is 282 g/mol. The topological polar surface area (TPSA) is 0 Å². The molecule has 0 fully saturated rings. The molecule has 1 rings (SSSR count). The second-order valence-electron chi connectivity index (χ2n) is 2.23. The van der Waals surface area contributed by atoms with Crippen LogP contribution in [-0.2, 0) is 6.18 Å². The highest BCUT2D eigenvalue weighted by Crippen LogP contribution is 2.29. The maximum atomic E-state index is 12.1. The van der Waals surface area contributed by atoms with Crippen molar-refractivity contribution in [2.75, 3.05) is 0 Å². The van der Waals surface area contributed by atoms with Gasteiger partial charge in [0.1, 0.15) is 7.85 Å². The number of benzene rings is 1. The molecular formula is C7H3BF3I. The molecule has 0 amide bonds. The SMILES string of the molecule is [B]c1ccc(C(F)(F)F)cc1I. The fourth-order valence-corrected chi connectivity index (χ4v) is 1.22. The summed E-state index contributed by atoms with van der Waals surface area (Å²) in [5.41, 5.74) is -0.301. The Labute approximate surface area is 82.7 Å². The Hall–Kier alpha value is -0.195. The summed E-state index contributed by atoms with van der Waals surface area (Å²) in [6.45, 7) is 0. The Morgan fingerprint density at radius 3 is 2.25 bits per heavy atom. The molecule has 62 valence electrons. The van der Waals surface area contributed by atoms with Crippen molar-refractivity contribution in [3.8, 4) is 0 Å². The summed E-state index contributed by atoms with van der Waals surface area (Å²) in [6, 6.07) is 3.25. The molecule has 0 bridgehead atoms. The van der Waals surface area contributed by atoms with E-state index in [1.165, 1.54) is 6.07 Å². The van der Waals surface area contributed by atoms with Crippen LogP contribution in [-0.4, -0.2) is 7.85 Å². The van der Waals surface area contributed by atoms with Crippen LogP contribution in [0.3, 0.4) is 0 Å². The zero-order valence-electron chi connectivity index (χ0n) is 5.82. The van der Waals surface area contributed by atoms with Crippen LogP contribution in [0, 0.1) is 3.57 Å². The minimum Gasteiger partial charge on any atom is -0.166 e. The van der Waals surface area contributed by atoms with Crippen LogP contribution in [0.4, 0.5) is 13.2 Å². The van der Waals surface area contributed by atoms with E-state index in [4.69, 9.17) is 7.85 Å². The van der Waals surface area contributed by atoms with E-state index >= 15 is 0 Å². The predicted molar refractivity (Wildman–Crippen MR) is 49.5 cm³/mol. The van der Waals surface area contributed by atoms with Crippen molar-refractivity contribution in [3.63, 3.8) is 0 Å². The predicted octanol–water partition coefficient (Wildman–Crippen LogP) is 2.10. The van der Waals surface area contributed by atoms with Gasteiger partial charge in [0, 0.05) is 3.57 Å². The Bertz CT molecular complexity index is 295. The van der Waals surface area contributed by atoms with E-state index < -0.39 is 11.7 Å². The van der Waals surface area contributed by atoms with E-state index in [1.807, 2.05) is 0 Å². The van der Waals surface area contributed by atoms with Gasteiger partial charge in [-0.1, -0.05) is 17.6 Å². The summed E-state index contributed by atoms with van der Waals surface area (Å²) in [7, 11) is 5.36. The largest absolute Gasteiger partial charge is 0.416 e. The minimum absolute atomic E-state index is 0.364. The summed E-state index contributed by atoms with van der Waals surface area (Å²) < 4.78 is 36.6. The van der Waals surface area contributed by atoms with Gasteiger partial charge in [0.2, 0.25) is 0 Å². The molecule has 1 aromatic carbocycles. The maximum Gasteiger partial charge on any atom is 0.416 e. The average Bonchev–Trinajstić information content (AvgIpc) is 1.92. The second-order valence-corrected chi connectivity index (χ2v) is 3.40. The van der Waals surface area contributed by atoms with Gasteiger partial charge in [-0.3, -0.25) is 0 Å². The lowest BCUT2D eigenvalue weighted by atomic mass is 9.95. The van der Waals surface area contributed by atoms with Crippen molar-refractivity contribution >= 4 is 35.9 Å². The van der Waals surface area contributed by atoms with Crippen LogP contribution < -0.4 is 5.46 Å². The first-order valence-electron chi connectivity index (χ1n) is 3.03. The Morgan fingerprint density at radius 1 is 1.25 bits per heavy atom. The number of halogens is 4. The summed E-state index contributed by atoms with van der Waals surface area (Å²) in [5.74, 6) is 0. The van der Waals surface area contributed by atoms with Gasteiger partial charge < -0.3 is 0 Å². The lowest BCUT2D eigenvalue weighted by Crippen LogP contribution is -2.12. The number of hydrogen-bond acceptors (Lipinski definition) is 0. The quantitative estimate of drug-likeness (QED) is 0.505. The van der Waals surface area contributed by atoms with Crippen molar-refractivity contribution in [3.05, 3.63) is 27.3 Å². The van der Waals surface area contributed by atoms with Gasteiger partial charge in [-0.2, -0.15) is 13.2 Å². The van der Waals surface area contributed by atoms with Gasteiger partial charge in [-0.05, 0) is 28.7 Å². The maximum absolute atomic E-state index is 12.1.